The van der Waals surface area contributed by atoms with Crippen molar-refractivity contribution in [2.75, 3.05) is 36.1 Å². The van der Waals surface area contributed by atoms with Crippen LogP contribution in [-0.2, 0) is 0 Å². The van der Waals surface area contributed by atoms with Crippen LogP contribution in [0, 0.1) is 5.82 Å². The Labute approximate surface area is 128 Å². The van der Waals surface area contributed by atoms with Crippen LogP contribution in [0.4, 0.5) is 27.7 Å². The Bertz CT molecular complexity index is 645. The summed E-state index contributed by atoms with van der Waals surface area (Å²) in [5.74, 6) is 1.34. The molecule has 3 rings (SSSR count). The number of nitrogen functional groups attached to an aromatic ring is 1. The zero-order valence-corrected chi connectivity index (χ0v) is 12.4. The van der Waals surface area contributed by atoms with Crippen LogP contribution in [0.3, 0.4) is 0 Å². The predicted octanol–water partition coefficient (Wildman–Crippen LogP) is 1.74. The van der Waals surface area contributed by atoms with Gasteiger partial charge in [-0.2, -0.15) is 9.97 Å². The third kappa shape index (κ3) is 3.25. The number of nitrogens with one attached hydrogen (secondary N) is 2. The summed E-state index contributed by atoms with van der Waals surface area (Å²) in [6.45, 7) is 1.82. The minimum Gasteiger partial charge on any atom is -0.368 e. The van der Waals surface area contributed by atoms with E-state index in [2.05, 4.69) is 25.5 Å². The van der Waals surface area contributed by atoms with Crippen LogP contribution >= 0.6 is 0 Å². The Kier molecular flexibility index (Phi) is 4.06. The molecule has 6 nitrogen and oxygen atoms in total. The van der Waals surface area contributed by atoms with Crippen LogP contribution in [0.1, 0.15) is 6.42 Å². The standard InChI is InChI=1S/C15H19FN6/c1-18-12-6-7-22(9-12)14-8-13(20-15(17)21-14)19-11-4-2-10(16)3-5-11/h2-5,8,12,18H,6-7,9H2,1H3,(H3,17,19,20,21)/t12-/m0/s1. The molecule has 1 saturated heterocycles. The van der Waals surface area contributed by atoms with Crippen molar-refractivity contribution in [3.8, 4) is 0 Å². The van der Waals surface area contributed by atoms with Crippen molar-refractivity contribution in [2.24, 2.45) is 0 Å². The van der Waals surface area contributed by atoms with Crippen LogP contribution in [0.5, 0.6) is 0 Å². The number of aromatic nitrogens is 2. The molecular formula is C15H19FN6. The Morgan fingerprint density at radius 2 is 2.05 bits per heavy atom. The molecule has 1 atom stereocenters. The number of rotatable bonds is 4. The molecule has 0 aliphatic carbocycles. The molecule has 0 spiro atoms. The smallest absolute Gasteiger partial charge is 0.223 e. The van der Waals surface area contributed by atoms with Gasteiger partial charge in [-0.25, -0.2) is 4.39 Å². The van der Waals surface area contributed by atoms with E-state index in [1.165, 1.54) is 12.1 Å². The monoisotopic (exact) mass is 302 g/mol. The molecule has 0 radical (unpaired) electrons. The normalized spacial score (nSPS) is 17.7. The molecule has 1 aliphatic rings. The SMILES string of the molecule is CN[C@H]1CCN(c2cc(Nc3ccc(F)cc3)nc(N)n2)C1. The fourth-order valence-corrected chi connectivity index (χ4v) is 2.56. The van der Waals surface area contributed by atoms with Crippen molar-refractivity contribution in [3.63, 3.8) is 0 Å². The maximum Gasteiger partial charge on any atom is 0.223 e. The second-order valence-electron chi connectivity index (χ2n) is 5.32. The lowest BCUT2D eigenvalue weighted by atomic mass is 10.3. The number of likely N-dealkylation sites (N-methyl/N-ethyl adjacent to an activating group) is 1. The molecule has 1 aliphatic heterocycles. The van der Waals surface area contributed by atoms with Crippen LogP contribution < -0.4 is 21.3 Å². The first-order valence-corrected chi connectivity index (χ1v) is 7.23. The van der Waals surface area contributed by atoms with Crippen LogP contribution in [0.15, 0.2) is 30.3 Å². The van der Waals surface area contributed by atoms with Gasteiger partial charge < -0.3 is 21.3 Å². The number of anilines is 4. The van der Waals surface area contributed by atoms with Gasteiger partial charge in [-0.05, 0) is 37.7 Å². The van der Waals surface area contributed by atoms with E-state index in [4.69, 9.17) is 5.73 Å². The fraction of sp³-hybridized carbons (Fsp3) is 0.333. The second-order valence-corrected chi connectivity index (χ2v) is 5.32. The van der Waals surface area contributed by atoms with E-state index < -0.39 is 0 Å². The van der Waals surface area contributed by atoms with Gasteiger partial charge >= 0.3 is 0 Å². The first-order chi connectivity index (χ1) is 10.6. The molecule has 0 amide bonds. The number of benzene rings is 1. The summed E-state index contributed by atoms with van der Waals surface area (Å²) in [4.78, 5) is 10.7. The lowest BCUT2D eigenvalue weighted by Gasteiger charge is -2.18. The van der Waals surface area contributed by atoms with E-state index in [9.17, 15) is 4.39 Å². The molecule has 22 heavy (non-hydrogen) atoms. The van der Waals surface area contributed by atoms with Gasteiger partial charge in [0.25, 0.3) is 0 Å². The van der Waals surface area contributed by atoms with Crippen molar-refractivity contribution in [1.29, 1.82) is 0 Å². The Hall–Kier alpha value is -2.41. The minimum absolute atomic E-state index is 0.218. The summed E-state index contributed by atoms with van der Waals surface area (Å²) in [6.07, 6.45) is 1.07. The summed E-state index contributed by atoms with van der Waals surface area (Å²) in [5.41, 5.74) is 6.56. The van der Waals surface area contributed by atoms with E-state index in [-0.39, 0.29) is 11.8 Å². The van der Waals surface area contributed by atoms with E-state index in [1.807, 2.05) is 13.1 Å². The average molecular weight is 302 g/mol. The van der Waals surface area contributed by atoms with Gasteiger partial charge in [-0.3, -0.25) is 0 Å². The molecule has 0 bridgehead atoms. The number of halogens is 1. The summed E-state index contributed by atoms with van der Waals surface area (Å²) in [5, 5.41) is 6.39. The quantitative estimate of drug-likeness (QED) is 0.798. The van der Waals surface area contributed by atoms with Crippen molar-refractivity contribution >= 4 is 23.3 Å². The Balaban J connectivity index is 1.79. The van der Waals surface area contributed by atoms with Gasteiger partial charge in [-0.15, -0.1) is 0 Å². The van der Waals surface area contributed by atoms with Crippen LogP contribution in [0.25, 0.3) is 0 Å². The van der Waals surface area contributed by atoms with Gasteiger partial charge in [0.15, 0.2) is 0 Å². The molecule has 1 fully saturated rings. The first kappa shape index (κ1) is 14.5. The largest absolute Gasteiger partial charge is 0.368 e. The van der Waals surface area contributed by atoms with Gasteiger partial charge in [0.2, 0.25) is 5.95 Å². The molecular weight excluding hydrogens is 283 g/mol. The zero-order valence-electron chi connectivity index (χ0n) is 12.4. The summed E-state index contributed by atoms with van der Waals surface area (Å²) < 4.78 is 12.9. The zero-order chi connectivity index (χ0) is 15.5. The topological polar surface area (TPSA) is 79.1 Å². The molecule has 7 heteroatoms. The summed E-state index contributed by atoms with van der Waals surface area (Å²) in [6, 6.07) is 8.42. The van der Waals surface area contributed by atoms with Crippen molar-refractivity contribution in [3.05, 3.63) is 36.1 Å². The van der Waals surface area contributed by atoms with E-state index >= 15 is 0 Å². The second kappa shape index (κ2) is 6.15. The average Bonchev–Trinajstić information content (AvgIpc) is 2.98. The first-order valence-electron chi connectivity index (χ1n) is 7.23. The summed E-state index contributed by atoms with van der Waals surface area (Å²) >= 11 is 0. The molecule has 2 heterocycles. The third-order valence-electron chi connectivity index (χ3n) is 3.77. The highest BCUT2D eigenvalue weighted by molar-refractivity contribution is 5.61. The molecule has 2 aromatic rings. The van der Waals surface area contributed by atoms with E-state index in [0.29, 0.717) is 11.9 Å². The van der Waals surface area contributed by atoms with Gasteiger partial charge in [0, 0.05) is 30.9 Å². The number of nitrogens with zero attached hydrogens (tertiary/aromatic N) is 3. The minimum atomic E-state index is -0.274. The van der Waals surface area contributed by atoms with Gasteiger partial charge in [0.05, 0.1) is 0 Å². The molecule has 116 valence electrons. The van der Waals surface area contributed by atoms with Crippen molar-refractivity contribution in [2.45, 2.75) is 12.5 Å². The van der Waals surface area contributed by atoms with Crippen molar-refractivity contribution < 1.29 is 4.39 Å². The maximum atomic E-state index is 12.9. The van der Waals surface area contributed by atoms with Crippen LogP contribution in [0.2, 0.25) is 0 Å². The number of hydrogen-bond donors (Lipinski definition) is 3. The van der Waals surface area contributed by atoms with Crippen LogP contribution in [-0.4, -0.2) is 36.1 Å². The number of nitrogens with two attached hydrogens (primary N) is 1. The molecule has 4 N–H and O–H groups in total. The highest BCUT2D eigenvalue weighted by Crippen LogP contribution is 2.23. The van der Waals surface area contributed by atoms with Gasteiger partial charge in [0.1, 0.15) is 17.5 Å². The van der Waals surface area contributed by atoms with E-state index in [0.717, 1.165) is 31.0 Å². The molecule has 0 unspecified atom stereocenters. The lowest BCUT2D eigenvalue weighted by molar-refractivity contribution is 0.616. The molecule has 0 saturated carbocycles. The third-order valence-corrected chi connectivity index (χ3v) is 3.77. The number of hydrogen-bond acceptors (Lipinski definition) is 6. The molecule has 1 aromatic heterocycles. The van der Waals surface area contributed by atoms with Crippen molar-refractivity contribution in [1.82, 2.24) is 15.3 Å². The van der Waals surface area contributed by atoms with Gasteiger partial charge in [-0.1, -0.05) is 0 Å². The van der Waals surface area contributed by atoms with E-state index in [1.54, 1.807) is 12.1 Å². The fourth-order valence-electron chi connectivity index (χ4n) is 2.56. The maximum absolute atomic E-state index is 12.9. The molecule has 1 aromatic carbocycles. The summed E-state index contributed by atoms with van der Waals surface area (Å²) in [7, 11) is 1.96. The Morgan fingerprint density at radius 3 is 2.73 bits per heavy atom. The lowest BCUT2D eigenvalue weighted by Crippen LogP contribution is -2.30. The Morgan fingerprint density at radius 1 is 1.27 bits per heavy atom. The highest BCUT2D eigenvalue weighted by Gasteiger charge is 2.22. The highest BCUT2D eigenvalue weighted by atomic mass is 19.1. The predicted molar refractivity (Wildman–Crippen MR) is 85.8 cm³/mol.